The molecule has 0 unspecified atom stereocenters. The number of anilines is 1. The number of amides is 1. The van der Waals surface area contributed by atoms with Crippen molar-refractivity contribution in [1.29, 1.82) is 0 Å². The largest absolute Gasteiger partial charge is 0.455 e. The number of nitrogens with zero attached hydrogens (tertiary/aromatic N) is 2. The van der Waals surface area contributed by atoms with Gasteiger partial charge in [-0.2, -0.15) is 23.3 Å². The summed E-state index contributed by atoms with van der Waals surface area (Å²) in [6.07, 6.45) is -3.63. The highest BCUT2D eigenvalue weighted by molar-refractivity contribution is 7.12. The van der Waals surface area contributed by atoms with Gasteiger partial charge in [0.05, 0.1) is 28.8 Å². The second-order valence-electron chi connectivity index (χ2n) is 6.97. The molecule has 1 amide bonds. The average Bonchev–Trinajstić information content (AvgIpc) is 3.37. The predicted molar refractivity (Wildman–Crippen MR) is 122 cm³/mol. The molecule has 0 fully saturated rings. The molecule has 6 nitrogen and oxygen atoms in total. The monoisotopic (exact) mass is 488 g/mol. The van der Waals surface area contributed by atoms with Gasteiger partial charge in [-0.05, 0) is 35.2 Å². The summed E-state index contributed by atoms with van der Waals surface area (Å²) >= 11 is 1.25. The summed E-state index contributed by atoms with van der Waals surface area (Å²) in [7, 11) is 0. The SMILES string of the molecule is O=C(CCC(=O)c1cccs1)OCC(=O)N(/N=C/c1ccccc1)c1cccc(C(F)(F)F)c1. The van der Waals surface area contributed by atoms with Crippen molar-refractivity contribution < 1.29 is 32.3 Å². The number of esters is 1. The van der Waals surface area contributed by atoms with Crippen LogP contribution in [-0.2, 0) is 20.5 Å². The first-order valence-electron chi connectivity index (χ1n) is 10.1. The number of alkyl halides is 3. The van der Waals surface area contributed by atoms with Gasteiger partial charge in [-0.3, -0.25) is 14.4 Å². The van der Waals surface area contributed by atoms with Crippen molar-refractivity contribution in [2.45, 2.75) is 19.0 Å². The van der Waals surface area contributed by atoms with E-state index < -0.39 is 30.2 Å². The van der Waals surface area contributed by atoms with E-state index in [1.165, 1.54) is 23.6 Å². The van der Waals surface area contributed by atoms with Crippen LogP contribution >= 0.6 is 11.3 Å². The Balaban J connectivity index is 1.70. The molecule has 0 radical (unpaired) electrons. The highest BCUT2D eigenvalue weighted by Crippen LogP contribution is 2.31. The van der Waals surface area contributed by atoms with Gasteiger partial charge in [0.25, 0.3) is 5.91 Å². The molecule has 1 aromatic heterocycles. The van der Waals surface area contributed by atoms with Gasteiger partial charge in [-0.15, -0.1) is 11.3 Å². The Kier molecular flexibility index (Phi) is 8.31. The molecular weight excluding hydrogens is 469 g/mol. The number of ketones is 1. The summed E-state index contributed by atoms with van der Waals surface area (Å²) in [5, 5.41) is 6.50. The van der Waals surface area contributed by atoms with E-state index in [1.807, 2.05) is 0 Å². The zero-order chi connectivity index (χ0) is 24.6. The van der Waals surface area contributed by atoms with Crippen molar-refractivity contribution in [2.75, 3.05) is 11.6 Å². The van der Waals surface area contributed by atoms with Crippen LogP contribution in [0.2, 0.25) is 0 Å². The maximum atomic E-state index is 13.2. The number of hydrazone groups is 1. The number of hydrogen-bond acceptors (Lipinski definition) is 6. The molecule has 0 saturated heterocycles. The van der Waals surface area contributed by atoms with Crippen LogP contribution in [0, 0.1) is 0 Å². The Morgan fingerprint density at radius 3 is 2.41 bits per heavy atom. The summed E-state index contributed by atoms with van der Waals surface area (Å²) in [4.78, 5) is 37.3. The second-order valence-corrected chi connectivity index (χ2v) is 7.92. The Morgan fingerprint density at radius 2 is 1.74 bits per heavy atom. The first kappa shape index (κ1) is 24.8. The molecule has 1 heterocycles. The number of rotatable bonds is 9. The Bertz CT molecular complexity index is 1160. The van der Waals surface area contributed by atoms with Crippen LogP contribution in [0.25, 0.3) is 0 Å². The molecule has 0 spiro atoms. The summed E-state index contributed by atoms with van der Waals surface area (Å²) in [6, 6.07) is 16.1. The van der Waals surface area contributed by atoms with E-state index in [1.54, 1.807) is 47.8 Å². The minimum atomic E-state index is -4.62. The second kappa shape index (κ2) is 11.4. The van der Waals surface area contributed by atoms with Crippen molar-refractivity contribution in [3.8, 4) is 0 Å². The lowest BCUT2D eigenvalue weighted by molar-refractivity contribution is -0.147. The van der Waals surface area contributed by atoms with Crippen LogP contribution in [0.4, 0.5) is 18.9 Å². The first-order chi connectivity index (χ1) is 16.2. The van der Waals surface area contributed by atoms with E-state index >= 15 is 0 Å². The lowest BCUT2D eigenvalue weighted by Crippen LogP contribution is -2.31. The quantitative estimate of drug-likeness (QED) is 0.176. The van der Waals surface area contributed by atoms with Crippen LogP contribution in [0.3, 0.4) is 0 Å². The number of thiophene rings is 1. The molecule has 0 N–H and O–H groups in total. The van der Waals surface area contributed by atoms with E-state index in [0.717, 1.165) is 23.2 Å². The molecule has 0 bridgehead atoms. The normalized spacial score (nSPS) is 11.4. The van der Waals surface area contributed by atoms with Crippen molar-refractivity contribution >= 4 is 40.9 Å². The highest BCUT2D eigenvalue weighted by atomic mass is 32.1. The fourth-order valence-electron chi connectivity index (χ4n) is 2.80. The van der Waals surface area contributed by atoms with Gasteiger partial charge in [0.2, 0.25) is 0 Å². The molecule has 3 rings (SSSR count). The standard InChI is InChI=1S/C24H19F3N2O4S/c25-24(26,27)18-8-4-9-19(14-18)29(28-15-17-6-2-1-3-7-17)22(31)16-33-23(32)12-11-20(30)21-10-5-13-34-21/h1-10,13-15H,11-12,16H2/b28-15+. The van der Waals surface area contributed by atoms with E-state index in [-0.39, 0.29) is 24.3 Å². The predicted octanol–water partition coefficient (Wildman–Crippen LogP) is 5.34. The van der Waals surface area contributed by atoms with E-state index in [2.05, 4.69) is 5.10 Å². The third-order valence-electron chi connectivity index (χ3n) is 4.48. The molecule has 176 valence electrons. The number of carbonyl (C=O) groups is 3. The molecule has 3 aromatic rings. The van der Waals surface area contributed by atoms with Gasteiger partial charge in [-0.1, -0.05) is 42.5 Å². The number of hydrogen-bond donors (Lipinski definition) is 0. The van der Waals surface area contributed by atoms with Gasteiger partial charge in [-0.25, -0.2) is 0 Å². The number of Topliss-reactive ketones (excluding diaryl/α,β-unsaturated/α-hetero) is 1. The third-order valence-corrected chi connectivity index (χ3v) is 5.40. The Labute approximate surface area is 197 Å². The van der Waals surface area contributed by atoms with Gasteiger partial charge in [0.15, 0.2) is 12.4 Å². The zero-order valence-electron chi connectivity index (χ0n) is 17.7. The Morgan fingerprint density at radius 1 is 0.971 bits per heavy atom. The minimum absolute atomic E-state index is 0.0863. The molecule has 0 aliphatic carbocycles. The minimum Gasteiger partial charge on any atom is -0.455 e. The maximum Gasteiger partial charge on any atom is 0.416 e. The lowest BCUT2D eigenvalue weighted by Gasteiger charge is -2.18. The molecule has 0 aliphatic rings. The molecule has 34 heavy (non-hydrogen) atoms. The number of halogens is 3. The number of carbonyl (C=O) groups excluding carboxylic acids is 3. The highest BCUT2D eigenvalue weighted by Gasteiger charge is 2.31. The molecule has 2 aromatic carbocycles. The molecule has 0 aliphatic heterocycles. The molecule has 0 atom stereocenters. The van der Waals surface area contributed by atoms with E-state index in [9.17, 15) is 27.6 Å². The Hall–Kier alpha value is -3.79. The van der Waals surface area contributed by atoms with Crippen LogP contribution < -0.4 is 5.01 Å². The topological polar surface area (TPSA) is 76.0 Å². The van der Waals surface area contributed by atoms with Crippen LogP contribution in [0.5, 0.6) is 0 Å². The fraction of sp³-hybridized carbons (Fsp3) is 0.167. The molecular formula is C24H19F3N2O4S. The van der Waals surface area contributed by atoms with Gasteiger partial charge in [0, 0.05) is 6.42 Å². The van der Waals surface area contributed by atoms with Crippen molar-refractivity contribution in [2.24, 2.45) is 5.10 Å². The van der Waals surface area contributed by atoms with Crippen LogP contribution in [0.1, 0.15) is 33.6 Å². The van der Waals surface area contributed by atoms with Crippen molar-refractivity contribution in [3.63, 3.8) is 0 Å². The van der Waals surface area contributed by atoms with Gasteiger partial charge >= 0.3 is 12.1 Å². The van der Waals surface area contributed by atoms with E-state index in [4.69, 9.17) is 4.74 Å². The fourth-order valence-corrected chi connectivity index (χ4v) is 3.50. The van der Waals surface area contributed by atoms with Gasteiger partial charge in [0.1, 0.15) is 0 Å². The van der Waals surface area contributed by atoms with Crippen molar-refractivity contribution in [1.82, 2.24) is 0 Å². The summed E-state index contributed by atoms with van der Waals surface area (Å²) in [5.74, 6) is -1.87. The summed E-state index contributed by atoms with van der Waals surface area (Å²) in [6.45, 7) is -0.756. The number of benzene rings is 2. The molecule has 0 saturated carbocycles. The van der Waals surface area contributed by atoms with E-state index in [0.29, 0.717) is 10.4 Å². The number of ether oxygens (including phenoxy) is 1. The van der Waals surface area contributed by atoms with Crippen molar-refractivity contribution in [3.05, 3.63) is 88.1 Å². The van der Waals surface area contributed by atoms with Crippen LogP contribution in [-0.4, -0.2) is 30.5 Å². The maximum absolute atomic E-state index is 13.2. The summed E-state index contributed by atoms with van der Waals surface area (Å²) in [5.41, 5.74) is -0.492. The average molecular weight is 488 g/mol. The third kappa shape index (κ3) is 7.11. The summed E-state index contributed by atoms with van der Waals surface area (Å²) < 4.78 is 44.4. The van der Waals surface area contributed by atoms with Crippen LogP contribution in [0.15, 0.2) is 77.2 Å². The first-order valence-corrected chi connectivity index (χ1v) is 10.9. The van der Waals surface area contributed by atoms with Gasteiger partial charge < -0.3 is 4.74 Å². The zero-order valence-corrected chi connectivity index (χ0v) is 18.5. The smallest absolute Gasteiger partial charge is 0.416 e. The molecule has 10 heteroatoms. The lowest BCUT2D eigenvalue weighted by atomic mass is 10.2.